The Balaban J connectivity index is 2.33. The van der Waals surface area contributed by atoms with Crippen molar-refractivity contribution in [2.45, 2.75) is 25.6 Å². The van der Waals surface area contributed by atoms with E-state index in [2.05, 4.69) is 0 Å². The highest BCUT2D eigenvalue weighted by molar-refractivity contribution is 5.85. The number of nitrogens with two attached hydrogens (primary N) is 1. The number of rotatable bonds is 2. The molecule has 1 aliphatic rings. The standard InChI is InChI=1S/C9H15NO3/c10-8(11)4-5-9-12-6-2-1-3-7-13-9/h4-5,9H,1-3,6-7H2,(H2,10,11). The first kappa shape index (κ1) is 10.2. The van der Waals surface area contributed by atoms with Crippen LogP contribution in [0.4, 0.5) is 0 Å². The highest BCUT2D eigenvalue weighted by Gasteiger charge is 2.07. The third-order valence-electron chi connectivity index (χ3n) is 1.77. The summed E-state index contributed by atoms with van der Waals surface area (Å²) in [6.45, 7) is 1.35. The molecule has 0 atom stereocenters. The molecule has 13 heavy (non-hydrogen) atoms. The molecule has 1 saturated heterocycles. The molecule has 4 heteroatoms. The molecule has 1 rings (SSSR count). The van der Waals surface area contributed by atoms with Crippen LogP contribution in [0.2, 0.25) is 0 Å². The van der Waals surface area contributed by atoms with E-state index >= 15 is 0 Å². The average molecular weight is 185 g/mol. The van der Waals surface area contributed by atoms with E-state index in [1.54, 1.807) is 6.08 Å². The Morgan fingerprint density at radius 2 is 1.85 bits per heavy atom. The minimum Gasteiger partial charge on any atom is -0.366 e. The van der Waals surface area contributed by atoms with E-state index in [9.17, 15) is 4.79 Å². The van der Waals surface area contributed by atoms with E-state index in [0.29, 0.717) is 13.2 Å². The first-order valence-corrected chi connectivity index (χ1v) is 4.50. The zero-order chi connectivity index (χ0) is 9.52. The number of carbonyl (C=O) groups is 1. The molecule has 0 unspecified atom stereocenters. The fourth-order valence-electron chi connectivity index (χ4n) is 1.11. The molecule has 0 spiro atoms. The topological polar surface area (TPSA) is 61.6 Å². The lowest BCUT2D eigenvalue weighted by Crippen LogP contribution is -2.19. The maximum absolute atomic E-state index is 10.4. The Morgan fingerprint density at radius 1 is 1.23 bits per heavy atom. The van der Waals surface area contributed by atoms with Crippen molar-refractivity contribution in [2.75, 3.05) is 13.2 Å². The van der Waals surface area contributed by atoms with Gasteiger partial charge in [0.25, 0.3) is 0 Å². The zero-order valence-electron chi connectivity index (χ0n) is 7.57. The molecule has 1 aliphatic heterocycles. The van der Waals surface area contributed by atoms with Gasteiger partial charge in [0, 0.05) is 6.08 Å². The quantitative estimate of drug-likeness (QED) is 0.640. The van der Waals surface area contributed by atoms with Crippen molar-refractivity contribution < 1.29 is 14.3 Å². The SMILES string of the molecule is NC(=O)C=CC1OCCCCCO1. The summed E-state index contributed by atoms with van der Waals surface area (Å²) in [4.78, 5) is 10.4. The highest BCUT2D eigenvalue weighted by Crippen LogP contribution is 2.07. The van der Waals surface area contributed by atoms with Crippen LogP contribution in [-0.2, 0) is 14.3 Å². The van der Waals surface area contributed by atoms with E-state index in [0.717, 1.165) is 19.3 Å². The summed E-state index contributed by atoms with van der Waals surface area (Å²) in [7, 11) is 0. The van der Waals surface area contributed by atoms with Crippen LogP contribution >= 0.6 is 0 Å². The van der Waals surface area contributed by atoms with E-state index in [4.69, 9.17) is 15.2 Å². The van der Waals surface area contributed by atoms with Gasteiger partial charge in [0.15, 0.2) is 6.29 Å². The van der Waals surface area contributed by atoms with Crippen LogP contribution in [0.1, 0.15) is 19.3 Å². The lowest BCUT2D eigenvalue weighted by atomic mass is 10.2. The van der Waals surface area contributed by atoms with Crippen molar-refractivity contribution in [2.24, 2.45) is 5.73 Å². The van der Waals surface area contributed by atoms with Crippen LogP contribution in [0, 0.1) is 0 Å². The second-order valence-electron chi connectivity index (χ2n) is 2.93. The van der Waals surface area contributed by atoms with E-state index in [1.165, 1.54) is 6.08 Å². The zero-order valence-corrected chi connectivity index (χ0v) is 7.57. The Kier molecular flexibility index (Phi) is 4.49. The molecule has 0 aromatic heterocycles. The van der Waals surface area contributed by atoms with Gasteiger partial charge in [-0.05, 0) is 25.3 Å². The number of amides is 1. The van der Waals surface area contributed by atoms with Crippen LogP contribution in [-0.4, -0.2) is 25.4 Å². The van der Waals surface area contributed by atoms with Crippen LogP contribution in [0.25, 0.3) is 0 Å². The van der Waals surface area contributed by atoms with E-state index in [1.807, 2.05) is 0 Å². The summed E-state index contributed by atoms with van der Waals surface area (Å²) >= 11 is 0. The summed E-state index contributed by atoms with van der Waals surface area (Å²) in [5.74, 6) is -0.478. The number of ether oxygens (including phenoxy) is 2. The summed E-state index contributed by atoms with van der Waals surface area (Å²) in [6, 6.07) is 0. The molecular formula is C9H15NO3. The second-order valence-corrected chi connectivity index (χ2v) is 2.93. The minimum atomic E-state index is -0.478. The Labute approximate surface area is 77.7 Å². The van der Waals surface area contributed by atoms with Gasteiger partial charge < -0.3 is 15.2 Å². The second kappa shape index (κ2) is 5.72. The molecular weight excluding hydrogens is 170 g/mol. The Morgan fingerprint density at radius 3 is 2.38 bits per heavy atom. The van der Waals surface area contributed by atoms with Crippen molar-refractivity contribution >= 4 is 5.91 Å². The smallest absolute Gasteiger partial charge is 0.241 e. The monoisotopic (exact) mass is 185 g/mol. The largest absolute Gasteiger partial charge is 0.366 e. The van der Waals surface area contributed by atoms with Gasteiger partial charge in [-0.25, -0.2) is 0 Å². The van der Waals surface area contributed by atoms with Gasteiger partial charge in [0.05, 0.1) is 13.2 Å². The van der Waals surface area contributed by atoms with Crippen molar-refractivity contribution in [1.82, 2.24) is 0 Å². The summed E-state index contributed by atoms with van der Waals surface area (Å²) in [6.07, 6.45) is 5.63. The molecule has 0 aliphatic carbocycles. The normalized spacial score (nSPS) is 21.2. The molecule has 1 heterocycles. The van der Waals surface area contributed by atoms with Crippen molar-refractivity contribution in [1.29, 1.82) is 0 Å². The molecule has 2 N–H and O–H groups in total. The summed E-state index contributed by atoms with van der Waals surface area (Å²) in [5.41, 5.74) is 4.94. The molecule has 1 fully saturated rings. The van der Waals surface area contributed by atoms with E-state index < -0.39 is 12.2 Å². The van der Waals surface area contributed by atoms with Crippen LogP contribution in [0.5, 0.6) is 0 Å². The van der Waals surface area contributed by atoms with Crippen LogP contribution in [0.3, 0.4) is 0 Å². The predicted molar refractivity (Wildman–Crippen MR) is 47.9 cm³/mol. The number of carbonyl (C=O) groups excluding carboxylic acids is 1. The van der Waals surface area contributed by atoms with Gasteiger partial charge in [0.2, 0.25) is 5.91 Å². The predicted octanol–water partition coefficient (Wildman–Crippen LogP) is 0.571. The summed E-state index contributed by atoms with van der Waals surface area (Å²) < 4.78 is 10.6. The molecule has 0 aromatic rings. The van der Waals surface area contributed by atoms with Gasteiger partial charge in [-0.1, -0.05) is 0 Å². The Bertz CT molecular complexity index is 183. The highest BCUT2D eigenvalue weighted by atomic mass is 16.7. The maximum Gasteiger partial charge on any atom is 0.241 e. The molecule has 0 saturated carbocycles. The first-order chi connectivity index (χ1) is 6.29. The van der Waals surface area contributed by atoms with Gasteiger partial charge in [-0.3, -0.25) is 4.79 Å². The van der Waals surface area contributed by atoms with Gasteiger partial charge in [-0.15, -0.1) is 0 Å². The lowest BCUT2D eigenvalue weighted by molar-refractivity contribution is -0.123. The fraction of sp³-hybridized carbons (Fsp3) is 0.667. The van der Waals surface area contributed by atoms with Gasteiger partial charge >= 0.3 is 0 Å². The minimum absolute atomic E-state index is 0.409. The average Bonchev–Trinajstić information content (AvgIpc) is 2.01. The molecule has 0 radical (unpaired) electrons. The van der Waals surface area contributed by atoms with Gasteiger partial charge in [-0.2, -0.15) is 0 Å². The molecule has 0 bridgehead atoms. The number of primary amides is 1. The molecule has 4 nitrogen and oxygen atoms in total. The molecule has 1 amide bonds. The van der Waals surface area contributed by atoms with Crippen molar-refractivity contribution in [3.8, 4) is 0 Å². The lowest BCUT2D eigenvalue weighted by Gasteiger charge is -2.17. The van der Waals surface area contributed by atoms with Crippen molar-refractivity contribution in [3.63, 3.8) is 0 Å². The third-order valence-corrected chi connectivity index (χ3v) is 1.77. The first-order valence-electron chi connectivity index (χ1n) is 4.50. The van der Waals surface area contributed by atoms with Crippen molar-refractivity contribution in [3.05, 3.63) is 12.2 Å². The van der Waals surface area contributed by atoms with E-state index in [-0.39, 0.29) is 0 Å². The van der Waals surface area contributed by atoms with Crippen LogP contribution in [0.15, 0.2) is 12.2 Å². The Hall–Kier alpha value is -0.870. The number of hydrogen-bond acceptors (Lipinski definition) is 3. The molecule has 0 aromatic carbocycles. The third kappa shape index (κ3) is 4.65. The molecule has 74 valence electrons. The van der Waals surface area contributed by atoms with Gasteiger partial charge in [0.1, 0.15) is 0 Å². The van der Waals surface area contributed by atoms with Crippen LogP contribution < -0.4 is 5.73 Å². The number of hydrogen-bond donors (Lipinski definition) is 1. The maximum atomic E-state index is 10.4. The fourth-order valence-corrected chi connectivity index (χ4v) is 1.11. The summed E-state index contributed by atoms with van der Waals surface area (Å²) in [5, 5.41) is 0.